The van der Waals surface area contributed by atoms with E-state index in [4.69, 9.17) is 0 Å². The van der Waals surface area contributed by atoms with Crippen LogP contribution in [-0.2, 0) is 0 Å². The van der Waals surface area contributed by atoms with Gasteiger partial charge in [-0.15, -0.1) is 0 Å². The average molecular weight is 331 g/mol. The standard InChI is InChI=1S/C16H31BrN2/c1-3-15(2)19-11-9-18(10-12-19)14-16(13-17)7-5-4-6-8-16/h15H,3-14H2,1-2H3. The number of hydrogen-bond acceptors (Lipinski definition) is 2. The first kappa shape index (κ1) is 15.8. The van der Waals surface area contributed by atoms with E-state index in [1.54, 1.807) is 0 Å². The maximum atomic E-state index is 3.80. The molecule has 0 spiro atoms. The fourth-order valence-corrected chi connectivity index (χ4v) is 4.47. The summed E-state index contributed by atoms with van der Waals surface area (Å²) in [6, 6.07) is 0.766. The Hall–Kier alpha value is 0.400. The zero-order valence-corrected chi connectivity index (χ0v) is 14.4. The predicted molar refractivity (Wildman–Crippen MR) is 87.1 cm³/mol. The minimum absolute atomic E-state index is 0.580. The van der Waals surface area contributed by atoms with Gasteiger partial charge < -0.3 is 4.90 Å². The van der Waals surface area contributed by atoms with Crippen LogP contribution in [0.25, 0.3) is 0 Å². The van der Waals surface area contributed by atoms with Gasteiger partial charge in [0.05, 0.1) is 0 Å². The summed E-state index contributed by atoms with van der Waals surface area (Å²) in [7, 11) is 0. The van der Waals surface area contributed by atoms with E-state index in [0.717, 1.165) is 6.04 Å². The molecule has 0 bridgehead atoms. The van der Waals surface area contributed by atoms with Crippen molar-refractivity contribution in [3.8, 4) is 0 Å². The molecule has 0 amide bonds. The lowest BCUT2D eigenvalue weighted by Gasteiger charge is -2.44. The van der Waals surface area contributed by atoms with Crippen molar-refractivity contribution in [3.05, 3.63) is 0 Å². The Bertz CT molecular complexity index is 255. The van der Waals surface area contributed by atoms with Gasteiger partial charge in [-0.2, -0.15) is 0 Å². The van der Waals surface area contributed by atoms with Crippen molar-refractivity contribution >= 4 is 15.9 Å². The SMILES string of the molecule is CCC(C)N1CCN(CC2(CBr)CCCCC2)CC1. The molecule has 0 radical (unpaired) electrons. The highest BCUT2D eigenvalue weighted by molar-refractivity contribution is 9.09. The van der Waals surface area contributed by atoms with Crippen molar-refractivity contribution in [2.75, 3.05) is 38.1 Å². The molecule has 3 heteroatoms. The van der Waals surface area contributed by atoms with Gasteiger partial charge >= 0.3 is 0 Å². The minimum Gasteiger partial charge on any atom is -0.300 e. The summed E-state index contributed by atoms with van der Waals surface area (Å²) < 4.78 is 0. The molecule has 112 valence electrons. The van der Waals surface area contributed by atoms with Crippen molar-refractivity contribution in [1.82, 2.24) is 9.80 Å². The largest absolute Gasteiger partial charge is 0.300 e. The number of nitrogens with zero attached hydrogens (tertiary/aromatic N) is 2. The lowest BCUT2D eigenvalue weighted by molar-refractivity contribution is 0.0594. The van der Waals surface area contributed by atoms with Crippen LogP contribution in [0.4, 0.5) is 0 Å². The van der Waals surface area contributed by atoms with Gasteiger partial charge in [0.15, 0.2) is 0 Å². The lowest BCUT2D eigenvalue weighted by Crippen LogP contribution is -2.52. The predicted octanol–water partition coefficient (Wildman–Crippen LogP) is 3.75. The van der Waals surface area contributed by atoms with E-state index in [-0.39, 0.29) is 0 Å². The van der Waals surface area contributed by atoms with Crippen molar-refractivity contribution in [3.63, 3.8) is 0 Å². The highest BCUT2D eigenvalue weighted by Gasteiger charge is 2.34. The molecule has 2 rings (SSSR count). The Balaban J connectivity index is 1.81. The van der Waals surface area contributed by atoms with Crippen LogP contribution in [0.1, 0.15) is 52.4 Å². The summed E-state index contributed by atoms with van der Waals surface area (Å²) in [5.74, 6) is 0. The number of alkyl halides is 1. The van der Waals surface area contributed by atoms with Crippen LogP contribution < -0.4 is 0 Å². The minimum atomic E-state index is 0.580. The van der Waals surface area contributed by atoms with E-state index in [2.05, 4.69) is 39.6 Å². The Morgan fingerprint density at radius 1 is 1.05 bits per heavy atom. The van der Waals surface area contributed by atoms with Gasteiger partial charge in [-0.05, 0) is 31.6 Å². The van der Waals surface area contributed by atoms with Crippen LogP contribution in [0.5, 0.6) is 0 Å². The molecule has 1 unspecified atom stereocenters. The summed E-state index contributed by atoms with van der Waals surface area (Å²) in [4.78, 5) is 5.39. The van der Waals surface area contributed by atoms with Crippen molar-refractivity contribution in [2.45, 2.75) is 58.4 Å². The van der Waals surface area contributed by atoms with Gasteiger partial charge in [0.1, 0.15) is 0 Å². The third-order valence-corrected chi connectivity index (χ3v) is 6.57. The van der Waals surface area contributed by atoms with Gasteiger partial charge in [-0.3, -0.25) is 4.90 Å². The molecule has 1 heterocycles. The van der Waals surface area contributed by atoms with E-state index in [9.17, 15) is 0 Å². The topological polar surface area (TPSA) is 6.48 Å². The van der Waals surface area contributed by atoms with Crippen LogP contribution in [0.2, 0.25) is 0 Å². The molecular formula is C16H31BrN2. The van der Waals surface area contributed by atoms with Gasteiger partial charge in [0, 0.05) is 44.1 Å². The second-order valence-corrected chi connectivity index (χ2v) is 7.32. The van der Waals surface area contributed by atoms with Crippen LogP contribution >= 0.6 is 15.9 Å². The first-order valence-corrected chi connectivity index (χ1v) is 9.33. The summed E-state index contributed by atoms with van der Waals surface area (Å²) in [5, 5.41) is 1.20. The third kappa shape index (κ3) is 4.18. The molecule has 0 N–H and O–H groups in total. The zero-order chi connectivity index (χ0) is 13.7. The molecule has 2 nitrogen and oxygen atoms in total. The zero-order valence-electron chi connectivity index (χ0n) is 12.8. The molecule has 0 aromatic carbocycles. The number of halogens is 1. The molecular weight excluding hydrogens is 300 g/mol. The van der Waals surface area contributed by atoms with Gasteiger partial charge in [-0.1, -0.05) is 42.1 Å². The van der Waals surface area contributed by atoms with E-state index < -0.39 is 0 Å². The Labute approximate surface area is 128 Å². The van der Waals surface area contributed by atoms with Crippen LogP contribution in [-0.4, -0.2) is 53.9 Å². The van der Waals surface area contributed by atoms with Crippen LogP contribution in [0.15, 0.2) is 0 Å². The molecule has 1 saturated heterocycles. The molecule has 1 aliphatic heterocycles. The monoisotopic (exact) mass is 330 g/mol. The van der Waals surface area contributed by atoms with Crippen molar-refractivity contribution < 1.29 is 0 Å². The fourth-order valence-electron chi connectivity index (χ4n) is 3.73. The van der Waals surface area contributed by atoms with Crippen LogP contribution in [0, 0.1) is 5.41 Å². The van der Waals surface area contributed by atoms with E-state index in [1.165, 1.54) is 76.6 Å². The highest BCUT2D eigenvalue weighted by atomic mass is 79.9. The Morgan fingerprint density at radius 3 is 2.21 bits per heavy atom. The molecule has 1 saturated carbocycles. The van der Waals surface area contributed by atoms with Crippen LogP contribution in [0.3, 0.4) is 0 Å². The summed E-state index contributed by atoms with van der Waals surface area (Å²) in [6.07, 6.45) is 8.49. The number of piperazine rings is 1. The van der Waals surface area contributed by atoms with E-state index in [0.29, 0.717) is 5.41 Å². The Morgan fingerprint density at radius 2 is 1.68 bits per heavy atom. The van der Waals surface area contributed by atoms with Gasteiger partial charge in [0.2, 0.25) is 0 Å². The Kier molecular flexibility index (Phi) is 6.16. The lowest BCUT2D eigenvalue weighted by atomic mass is 9.75. The quantitative estimate of drug-likeness (QED) is 0.708. The van der Waals surface area contributed by atoms with Gasteiger partial charge in [-0.25, -0.2) is 0 Å². The molecule has 1 atom stereocenters. The van der Waals surface area contributed by atoms with Crippen molar-refractivity contribution in [1.29, 1.82) is 0 Å². The molecule has 19 heavy (non-hydrogen) atoms. The number of hydrogen-bond donors (Lipinski definition) is 0. The summed E-state index contributed by atoms with van der Waals surface area (Å²) in [5.41, 5.74) is 0.580. The molecule has 1 aliphatic carbocycles. The maximum Gasteiger partial charge on any atom is 0.0113 e. The van der Waals surface area contributed by atoms with E-state index >= 15 is 0 Å². The maximum absolute atomic E-state index is 3.80. The summed E-state index contributed by atoms with van der Waals surface area (Å²) >= 11 is 3.80. The van der Waals surface area contributed by atoms with Gasteiger partial charge in [0.25, 0.3) is 0 Å². The second kappa shape index (κ2) is 7.42. The summed E-state index contributed by atoms with van der Waals surface area (Å²) in [6.45, 7) is 11.1. The first-order chi connectivity index (χ1) is 9.19. The second-order valence-electron chi connectivity index (χ2n) is 6.76. The average Bonchev–Trinajstić information content (AvgIpc) is 2.48. The fraction of sp³-hybridized carbons (Fsp3) is 1.00. The van der Waals surface area contributed by atoms with Crippen molar-refractivity contribution in [2.24, 2.45) is 5.41 Å². The molecule has 2 aliphatic rings. The first-order valence-electron chi connectivity index (χ1n) is 8.21. The number of rotatable bonds is 5. The smallest absolute Gasteiger partial charge is 0.0113 e. The molecule has 0 aromatic heterocycles. The third-order valence-electron chi connectivity index (χ3n) is 5.38. The normalized spacial score (nSPS) is 27.3. The van der Waals surface area contributed by atoms with E-state index in [1.807, 2.05) is 0 Å². The molecule has 2 fully saturated rings. The highest BCUT2D eigenvalue weighted by Crippen LogP contribution is 2.38. The molecule has 0 aromatic rings.